The maximum Gasteiger partial charge on any atom is 0.191 e. The van der Waals surface area contributed by atoms with Crippen LogP contribution < -0.4 is 10.6 Å². The Bertz CT molecular complexity index is 779. The Balaban J connectivity index is 0.00000300. The first kappa shape index (κ1) is 24.1. The zero-order valence-electron chi connectivity index (χ0n) is 17.5. The summed E-state index contributed by atoms with van der Waals surface area (Å²) in [7, 11) is 0. The number of halogens is 1. The fourth-order valence-electron chi connectivity index (χ4n) is 3.50. The normalized spacial score (nSPS) is 17.6. The molecule has 29 heavy (non-hydrogen) atoms. The number of rotatable bonds is 7. The van der Waals surface area contributed by atoms with Crippen LogP contribution in [0.5, 0.6) is 0 Å². The maximum absolute atomic E-state index is 10.7. The van der Waals surface area contributed by atoms with Crippen LogP contribution in [-0.2, 0) is 18.6 Å². The number of thiophene rings is 1. The largest absolute Gasteiger partial charge is 0.383 e. The third-order valence-corrected chi connectivity index (χ3v) is 6.41. The molecule has 0 aliphatic carbocycles. The lowest BCUT2D eigenvalue weighted by molar-refractivity contribution is 0.0711. The standard InChI is InChI=1S/C22H32N4OS.HI/c1-4-23-21(25-16-22(3,27)20-10-7-13-28-20)24-14-17(2)26-12-11-18-8-5-6-9-19(18)15-26;/h5-10,13,17,27H,4,11-12,14-16H2,1-3H3,(H2,23,24,25);1H. The number of nitrogens with zero attached hydrogens (tertiary/aromatic N) is 2. The Hall–Kier alpha value is -1.16. The van der Waals surface area contributed by atoms with Gasteiger partial charge in [0.2, 0.25) is 0 Å². The van der Waals surface area contributed by atoms with E-state index in [0.717, 1.165) is 43.4 Å². The van der Waals surface area contributed by atoms with Crippen LogP contribution in [-0.4, -0.2) is 48.2 Å². The average molecular weight is 529 g/mol. The fraction of sp³-hybridized carbons (Fsp3) is 0.500. The second-order valence-electron chi connectivity index (χ2n) is 7.67. The number of fused-ring (bicyclic) bond motifs is 1. The molecule has 7 heteroatoms. The molecule has 0 radical (unpaired) electrons. The van der Waals surface area contributed by atoms with Gasteiger partial charge in [-0.05, 0) is 49.8 Å². The molecule has 1 aromatic carbocycles. The molecule has 0 spiro atoms. The number of hydrogen-bond donors (Lipinski definition) is 3. The van der Waals surface area contributed by atoms with E-state index < -0.39 is 5.60 Å². The van der Waals surface area contributed by atoms with Gasteiger partial charge in [-0.25, -0.2) is 4.99 Å². The first-order chi connectivity index (χ1) is 13.5. The van der Waals surface area contributed by atoms with E-state index in [2.05, 4.69) is 58.6 Å². The van der Waals surface area contributed by atoms with Crippen molar-refractivity contribution in [3.05, 3.63) is 57.8 Å². The predicted molar refractivity (Wildman–Crippen MR) is 133 cm³/mol. The number of aliphatic imine (C=N–C) groups is 1. The molecule has 0 amide bonds. The van der Waals surface area contributed by atoms with E-state index in [1.54, 1.807) is 11.3 Å². The Morgan fingerprint density at radius 3 is 2.69 bits per heavy atom. The lowest BCUT2D eigenvalue weighted by Gasteiger charge is -2.34. The topological polar surface area (TPSA) is 59.9 Å². The van der Waals surface area contributed by atoms with E-state index in [-0.39, 0.29) is 24.0 Å². The van der Waals surface area contributed by atoms with Gasteiger partial charge in [0.15, 0.2) is 5.96 Å². The van der Waals surface area contributed by atoms with Crippen LogP contribution in [0.2, 0.25) is 0 Å². The molecule has 0 bridgehead atoms. The molecule has 0 saturated carbocycles. The number of nitrogens with one attached hydrogen (secondary N) is 2. The molecule has 5 nitrogen and oxygen atoms in total. The van der Waals surface area contributed by atoms with Gasteiger partial charge in [0, 0.05) is 37.1 Å². The van der Waals surface area contributed by atoms with Crippen molar-refractivity contribution in [3.8, 4) is 0 Å². The Morgan fingerprint density at radius 2 is 2.00 bits per heavy atom. The van der Waals surface area contributed by atoms with Gasteiger partial charge < -0.3 is 15.7 Å². The minimum absolute atomic E-state index is 0. The van der Waals surface area contributed by atoms with Crippen molar-refractivity contribution in [1.82, 2.24) is 15.5 Å². The SMILES string of the molecule is CCNC(=NCC(C)(O)c1cccs1)NCC(C)N1CCc2ccccc2C1.I. The first-order valence-electron chi connectivity index (χ1n) is 10.1. The highest BCUT2D eigenvalue weighted by Crippen LogP contribution is 2.25. The van der Waals surface area contributed by atoms with Gasteiger partial charge in [-0.15, -0.1) is 35.3 Å². The highest BCUT2D eigenvalue weighted by atomic mass is 127. The molecule has 2 aromatic rings. The quantitative estimate of drug-likeness (QED) is 0.292. The van der Waals surface area contributed by atoms with Crippen molar-refractivity contribution in [2.45, 2.75) is 45.4 Å². The van der Waals surface area contributed by atoms with Gasteiger partial charge in [0.25, 0.3) is 0 Å². The molecular formula is C22H33IN4OS. The van der Waals surface area contributed by atoms with Gasteiger partial charge in [0.05, 0.1) is 6.54 Å². The Morgan fingerprint density at radius 1 is 1.24 bits per heavy atom. The van der Waals surface area contributed by atoms with Gasteiger partial charge in [-0.2, -0.15) is 0 Å². The van der Waals surface area contributed by atoms with Crippen molar-refractivity contribution >= 4 is 41.3 Å². The number of benzene rings is 1. The van der Waals surface area contributed by atoms with Crippen molar-refractivity contribution in [2.75, 3.05) is 26.2 Å². The zero-order valence-corrected chi connectivity index (χ0v) is 20.7. The smallest absolute Gasteiger partial charge is 0.191 e. The third kappa shape index (κ3) is 6.67. The highest BCUT2D eigenvalue weighted by Gasteiger charge is 2.24. The summed E-state index contributed by atoms with van der Waals surface area (Å²) in [6, 6.07) is 13.0. The van der Waals surface area contributed by atoms with Crippen LogP contribution in [0.3, 0.4) is 0 Å². The maximum atomic E-state index is 10.7. The lowest BCUT2D eigenvalue weighted by atomic mass is 9.99. The molecule has 0 fully saturated rings. The molecular weight excluding hydrogens is 495 g/mol. The third-order valence-electron chi connectivity index (χ3n) is 5.29. The van der Waals surface area contributed by atoms with E-state index in [4.69, 9.17) is 0 Å². The van der Waals surface area contributed by atoms with Gasteiger partial charge in [-0.1, -0.05) is 30.3 Å². The number of aliphatic hydroxyl groups is 1. The summed E-state index contributed by atoms with van der Waals surface area (Å²) in [5.41, 5.74) is 1.97. The molecule has 1 aliphatic rings. The van der Waals surface area contributed by atoms with Crippen molar-refractivity contribution < 1.29 is 5.11 Å². The minimum Gasteiger partial charge on any atom is -0.383 e. The second kappa shape index (κ2) is 11.3. The summed E-state index contributed by atoms with van der Waals surface area (Å²) in [6.45, 7) is 10.1. The van der Waals surface area contributed by atoms with Crippen LogP contribution in [0.25, 0.3) is 0 Å². The van der Waals surface area contributed by atoms with E-state index in [9.17, 15) is 5.11 Å². The fourth-order valence-corrected chi connectivity index (χ4v) is 4.28. The summed E-state index contributed by atoms with van der Waals surface area (Å²) in [6.07, 6.45) is 1.11. The van der Waals surface area contributed by atoms with Crippen LogP contribution in [0.1, 0.15) is 36.8 Å². The van der Waals surface area contributed by atoms with Crippen LogP contribution >= 0.6 is 35.3 Å². The predicted octanol–water partition coefficient (Wildman–Crippen LogP) is 3.58. The highest BCUT2D eigenvalue weighted by molar-refractivity contribution is 14.0. The average Bonchev–Trinajstić information content (AvgIpc) is 3.25. The first-order valence-corrected chi connectivity index (χ1v) is 11.0. The van der Waals surface area contributed by atoms with E-state index >= 15 is 0 Å². The monoisotopic (exact) mass is 528 g/mol. The van der Waals surface area contributed by atoms with Gasteiger partial charge in [0.1, 0.15) is 5.60 Å². The number of hydrogen-bond acceptors (Lipinski definition) is 4. The summed E-state index contributed by atoms with van der Waals surface area (Å²) in [5.74, 6) is 0.753. The summed E-state index contributed by atoms with van der Waals surface area (Å²) in [4.78, 5) is 8.08. The molecule has 2 atom stereocenters. The molecule has 1 aromatic heterocycles. The van der Waals surface area contributed by atoms with Crippen molar-refractivity contribution in [1.29, 1.82) is 0 Å². The van der Waals surface area contributed by atoms with Crippen molar-refractivity contribution in [3.63, 3.8) is 0 Å². The van der Waals surface area contributed by atoms with Gasteiger partial charge in [-0.3, -0.25) is 4.90 Å². The van der Waals surface area contributed by atoms with Crippen LogP contribution in [0.4, 0.5) is 0 Å². The van der Waals surface area contributed by atoms with Crippen LogP contribution in [0.15, 0.2) is 46.8 Å². The van der Waals surface area contributed by atoms with Crippen molar-refractivity contribution in [2.24, 2.45) is 4.99 Å². The molecule has 160 valence electrons. The molecule has 3 rings (SSSR count). The molecule has 0 saturated heterocycles. The van der Waals surface area contributed by atoms with E-state index in [0.29, 0.717) is 12.6 Å². The summed E-state index contributed by atoms with van der Waals surface area (Å²) < 4.78 is 0. The minimum atomic E-state index is -0.946. The zero-order chi connectivity index (χ0) is 20.0. The lowest BCUT2D eigenvalue weighted by Crippen LogP contribution is -2.47. The Kier molecular flexibility index (Phi) is 9.39. The molecule has 1 aliphatic heterocycles. The Labute approximate surface area is 195 Å². The van der Waals surface area contributed by atoms with E-state index in [1.165, 1.54) is 11.1 Å². The molecule has 2 unspecified atom stereocenters. The molecule has 2 heterocycles. The van der Waals surface area contributed by atoms with Crippen LogP contribution in [0, 0.1) is 0 Å². The number of guanidine groups is 1. The summed E-state index contributed by atoms with van der Waals surface area (Å²) >= 11 is 1.56. The summed E-state index contributed by atoms with van der Waals surface area (Å²) in [5, 5.41) is 19.4. The second-order valence-corrected chi connectivity index (χ2v) is 8.61. The van der Waals surface area contributed by atoms with Gasteiger partial charge >= 0.3 is 0 Å². The molecule has 3 N–H and O–H groups in total. The van der Waals surface area contributed by atoms with E-state index in [1.807, 2.05) is 24.4 Å².